The molecule has 84 valence electrons. The molecule has 0 bridgehead atoms. The molecule has 0 radical (unpaired) electrons. The molecule has 2 rings (SSSR count). The summed E-state index contributed by atoms with van der Waals surface area (Å²) in [6, 6.07) is 8.10. The number of nitriles is 1. The van der Waals surface area contributed by atoms with Crippen molar-refractivity contribution in [3.05, 3.63) is 23.9 Å². The normalized spacial score (nSPS) is 20.6. The maximum absolute atomic E-state index is 8.98. The molecule has 0 aromatic carbocycles. The van der Waals surface area contributed by atoms with Crippen molar-refractivity contribution < 1.29 is 4.74 Å². The van der Waals surface area contributed by atoms with E-state index in [1.54, 1.807) is 7.11 Å². The summed E-state index contributed by atoms with van der Waals surface area (Å²) in [4.78, 5) is 6.52. The maximum Gasteiger partial charge on any atom is 0.213 e. The molecule has 4 heteroatoms. The maximum atomic E-state index is 8.98. The summed E-state index contributed by atoms with van der Waals surface area (Å²) >= 11 is 0. The number of pyridine rings is 1. The molecular formula is C12H15N3O. The van der Waals surface area contributed by atoms with Crippen LogP contribution >= 0.6 is 0 Å². The highest BCUT2D eigenvalue weighted by atomic mass is 16.5. The molecule has 1 fully saturated rings. The average molecular weight is 217 g/mol. The van der Waals surface area contributed by atoms with Crippen LogP contribution in [0.3, 0.4) is 0 Å². The number of rotatable bonds is 3. The first kappa shape index (κ1) is 10.9. The predicted molar refractivity (Wildman–Crippen MR) is 59.8 cm³/mol. The van der Waals surface area contributed by atoms with Crippen molar-refractivity contribution in [1.29, 1.82) is 5.26 Å². The molecule has 1 aromatic rings. The quantitative estimate of drug-likeness (QED) is 0.771. The first-order valence-corrected chi connectivity index (χ1v) is 5.47. The van der Waals surface area contributed by atoms with Gasteiger partial charge in [0.15, 0.2) is 0 Å². The Bertz CT molecular complexity index is 399. The van der Waals surface area contributed by atoms with Crippen LogP contribution in [0, 0.1) is 11.3 Å². The molecule has 0 amide bonds. The average Bonchev–Trinajstić information content (AvgIpc) is 2.76. The van der Waals surface area contributed by atoms with Crippen LogP contribution in [0.4, 0.5) is 0 Å². The third kappa shape index (κ3) is 2.31. The Morgan fingerprint density at radius 2 is 2.50 bits per heavy atom. The van der Waals surface area contributed by atoms with Gasteiger partial charge >= 0.3 is 0 Å². The Morgan fingerprint density at radius 1 is 1.62 bits per heavy atom. The standard InChI is InChI=1S/C12H15N3O/c1-16-12-6-2-4-10(14-12)9-15-7-3-5-11(15)8-13/h2,4,6,11H,3,5,7,9H2,1H3. The number of ether oxygens (including phenoxy) is 1. The summed E-state index contributed by atoms with van der Waals surface area (Å²) in [5.41, 5.74) is 0.960. The van der Waals surface area contributed by atoms with Gasteiger partial charge in [0.1, 0.15) is 0 Å². The minimum atomic E-state index is 0.0491. The van der Waals surface area contributed by atoms with Crippen molar-refractivity contribution in [1.82, 2.24) is 9.88 Å². The largest absolute Gasteiger partial charge is 0.481 e. The van der Waals surface area contributed by atoms with Crippen LogP contribution < -0.4 is 4.74 Å². The van der Waals surface area contributed by atoms with Gasteiger partial charge in [-0.2, -0.15) is 5.26 Å². The summed E-state index contributed by atoms with van der Waals surface area (Å²) < 4.78 is 5.08. The molecule has 1 aromatic heterocycles. The van der Waals surface area contributed by atoms with E-state index in [2.05, 4.69) is 16.0 Å². The highest BCUT2D eigenvalue weighted by molar-refractivity contribution is 5.16. The van der Waals surface area contributed by atoms with Gasteiger partial charge in [0.2, 0.25) is 5.88 Å². The zero-order valence-corrected chi connectivity index (χ0v) is 9.39. The smallest absolute Gasteiger partial charge is 0.213 e. The monoisotopic (exact) mass is 217 g/mol. The third-order valence-corrected chi connectivity index (χ3v) is 2.87. The predicted octanol–water partition coefficient (Wildman–Crippen LogP) is 1.58. The van der Waals surface area contributed by atoms with Crippen molar-refractivity contribution in [3.8, 4) is 11.9 Å². The van der Waals surface area contributed by atoms with Crippen molar-refractivity contribution in [3.63, 3.8) is 0 Å². The topological polar surface area (TPSA) is 49.1 Å². The lowest BCUT2D eigenvalue weighted by molar-refractivity contribution is 0.281. The number of hydrogen-bond donors (Lipinski definition) is 0. The van der Waals surface area contributed by atoms with E-state index in [9.17, 15) is 0 Å². The molecule has 4 nitrogen and oxygen atoms in total. The van der Waals surface area contributed by atoms with E-state index in [-0.39, 0.29) is 6.04 Å². The number of hydrogen-bond acceptors (Lipinski definition) is 4. The molecular weight excluding hydrogens is 202 g/mol. The van der Waals surface area contributed by atoms with Gasteiger partial charge in [0.25, 0.3) is 0 Å². The van der Waals surface area contributed by atoms with Gasteiger partial charge in [-0.05, 0) is 25.5 Å². The second-order valence-electron chi connectivity index (χ2n) is 3.93. The number of methoxy groups -OCH3 is 1. The van der Waals surface area contributed by atoms with Crippen molar-refractivity contribution in [2.45, 2.75) is 25.4 Å². The van der Waals surface area contributed by atoms with Crippen molar-refractivity contribution in [2.24, 2.45) is 0 Å². The van der Waals surface area contributed by atoms with Crippen LogP contribution in [-0.4, -0.2) is 29.6 Å². The molecule has 0 spiro atoms. The van der Waals surface area contributed by atoms with Crippen LogP contribution in [0.15, 0.2) is 18.2 Å². The Balaban J connectivity index is 2.06. The van der Waals surface area contributed by atoms with E-state index < -0.39 is 0 Å². The van der Waals surface area contributed by atoms with E-state index >= 15 is 0 Å². The zero-order chi connectivity index (χ0) is 11.4. The fourth-order valence-corrected chi connectivity index (χ4v) is 2.03. The van der Waals surface area contributed by atoms with Crippen molar-refractivity contribution >= 4 is 0 Å². The van der Waals surface area contributed by atoms with Gasteiger partial charge in [-0.25, -0.2) is 4.98 Å². The molecule has 0 N–H and O–H groups in total. The second kappa shape index (κ2) is 4.95. The lowest BCUT2D eigenvalue weighted by Crippen LogP contribution is -2.27. The molecule has 1 aliphatic heterocycles. The van der Waals surface area contributed by atoms with E-state index in [0.717, 1.165) is 31.6 Å². The van der Waals surface area contributed by atoms with E-state index in [1.165, 1.54) is 0 Å². The van der Waals surface area contributed by atoms with E-state index in [0.29, 0.717) is 5.88 Å². The first-order valence-electron chi connectivity index (χ1n) is 5.47. The molecule has 0 aliphatic carbocycles. The minimum Gasteiger partial charge on any atom is -0.481 e. The zero-order valence-electron chi connectivity index (χ0n) is 9.39. The van der Waals surface area contributed by atoms with Gasteiger partial charge in [-0.1, -0.05) is 6.07 Å². The third-order valence-electron chi connectivity index (χ3n) is 2.87. The van der Waals surface area contributed by atoms with Crippen molar-refractivity contribution in [2.75, 3.05) is 13.7 Å². The number of aromatic nitrogens is 1. The van der Waals surface area contributed by atoms with Crippen LogP contribution in [0.1, 0.15) is 18.5 Å². The molecule has 0 saturated carbocycles. The summed E-state index contributed by atoms with van der Waals surface area (Å²) in [6.07, 6.45) is 2.07. The molecule has 1 saturated heterocycles. The fourth-order valence-electron chi connectivity index (χ4n) is 2.03. The second-order valence-corrected chi connectivity index (χ2v) is 3.93. The lowest BCUT2D eigenvalue weighted by Gasteiger charge is -2.18. The van der Waals surface area contributed by atoms with Gasteiger partial charge < -0.3 is 4.74 Å². The van der Waals surface area contributed by atoms with E-state index in [1.807, 2.05) is 18.2 Å². The van der Waals surface area contributed by atoms with Crippen LogP contribution in [0.25, 0.3) is 0 Å². The lowest BCUT2D eigenvalue weighted by atomic mass is 10.2. The number of nitrogens with zero attached hydrogens (tertiary/aromatic N) is 3. The van der Waals surface area contributed by atoms with Crippen LogP contribution in [0.2, 0.25) is 0 Å². The Labute approximate surface area is 95.5 Å². The van der Waals surface area contributed by atoms with Crippen LogP contribution in [-0.2, 0) is 6.54 Å². The molecule has 2 heterocycles. The molecule has 1 aliphatic rings. The Hall–Kier alpha value is -1.60. The number of likely N-dealkylation sites (tertiary alicyclic amines) is 1. The highest BCUT2D eigenvalue weighted by Gasteiger charge is 2.24. The Kier molecular flexibility index (Phi) is 3.37. The molecule has 16 heavy (non-hydrogen) atoms. The van der Waals surface area contributed by atoms with Gasteiger partial charge in [0, 0.05) is 12.6 Å². The summed E-state index contributed by atoms with van der Waals surface area (Å²) in [7, 11) is 1.61. The molecule has 1 atom stereocenters. The summed E-state index contributed by atoms with van der Waals surface area (Å²) in [6.45, 7) is 1.71. The highest BCUT2D eigenvalue weighted by Crippen LogP contribution is 2.19. The van der Waals surface area contributed by atoms with Gasteiger partial charge in [0.05, 0.1) is 24.9 Å². The van der Waals surface area contributed by atoms with Gasteiger partial charge in [-0.15, -0.1) is 0 Å². The fraction of sp³-hybridized carbons (Fsp3) is 0.500. The SMILES string of the molecule is COc1cccc(CN2CCCC2C#N)n1. The van der Waals surface area contributed by atoms with Crippen LogP contribution in [0.5, 0.6) is 5.88 Å². The molecule has 1 unspecified atom stereocenters. The first-order chi connectivity index (χ1) is 7.83. The minimum absolute atomic E-state index is 0.0491. The summed E-state index contributed by atoms with van der Waals surface area (Å²) in [5.74, 6) is 0.630. The Morgan fingerprint density at radius 3 is 3.25 bits per heavy atom. The van der Waals surface area contributed by atoms with Gasteiger partial charge in [-0.3, -0.25) is 4.90 Å². The van der Waals surface area contributed by atoms with E-state index in [4.69, 9.17) is 10.00 Å². The summed E-state index contributed by atoms with van der Waals surface area (Å²) in [5, 5.41) is 8.98.